The molecule has 2 saturated carbocycles. The van der Waals surface area contributed by atoms with E-state index in [1.54, 1.807) is 24.5 Å². The summed E-state index contributed by atoms with van der Waals surface area (Å²) in [6.45, 7) is 3.09. The molecule has 71 heavy (non-hydrogen) atoms. The van der Waals surface area contributed by atoms with Gasteiger partial charge in [-0.05, 0) is 134 Å². The number of fused-ring (bicyclic) bond motifs is 4. The Balaban J connectivity index is 0.792. The summed E-state index contributed by atoms with van der Waals surface area (Å²) < 4.78 is 27.8. The number of phenolic OH excluding ortho intramolecular Hbond substituents is 3. The largest absolute Gasteiger partial charge is 0.504 e. The molecule has 16 nitrogen and oxygen atoms in total. The molecule has 3 aromatic heterocycles. The number of carbonyl (C=O) groups is 1. The van der Waals surface area contributed by atoms with Crippen molar-refractivity contribution in [3.8, 4) is 28.7 Å². The number of aromatic amines is 1. The molecule has 9 N–H and O–H groups in total. The first-order valence-electron chi connectivity index (χ1n) is 25.6. The van der Waals surface area contributed by atoms with Gasteiger partial charge in [0.2, 0.25) is 5.75 Å². The summed E-state index contributed by atoms with van der Waals surface area (Å²) in [6.07, 6.45) is 21.2. The number of H-pyrrole nitrogens is 1. The van der Waals surface area contributed by atoms with Crippen molar-refractivity contribution in [2.24, 2.45) is 28.5 Å². The van der Waals surface area contributed by atoms with Gasteiger partial charge in [-0.2, -0.15) is 0 Å². The third kappa shape index (κ3) is 9.70. The number of nitrogens with zero attached hydrogens (tertiary/aromatic N) is 3. The SMILES string of the molecule is CC(=O)O[C@@H]1C[C@H](CCc2ccc(O)c(O[C@@H]3CC[C@@H]4CC[C@H]5Cc6c7cc[nH]c7cn6[C@@H]6NC(=NCCCC7=CCNC(N)=C7)N[C@]4(C3)[C@@H]56)c2)O[C@H](c2cc(O)c(O)c(OCCc3cccnc3)c2)C1. The molecule has 5 aromatic rings. The predicted octanol–water partition coefficient (Wildman–Crippen LogP) is 7.61. The predicted molar refractivity (Wildman–Crippen MR) is 268 cm³/mol. The summed E-state index contributed by atoms with van der Waals surface area (Å²) in [5.41, 5.74) is 12.2. The number of nitrogens with one attached hydrogen (secondary N) is 4. The van der Waals surface area contributed by atoms with Crippen LogP contribution in [-0.2, 0) is 33.5 Å². The van der Waals surface area contributed by atoms with Gasteiger partial charge in [0.25, 0.3) is 0 Å². The van der Waals surface area contributed by atoms with Gasteiger partial charge in [0.15, 0.2) is 29.0 Å². The molecule has 0 radical (unpaired) electrons. The van der Waals surface area contributed by atoms with Crippen LogP contribution in [0.3, 0.4) is 0 Å². The highest BCUT2D eigenvalue weighted by molar-refractivity contribution is 5.85. The van der Waals surface area contributed by atoms with E-state index in [9.17, 15) is 20.1 Å². The summed E-state index contributed by atoms with van der Waals surface area (Å²) in [4.78, 5) is 25.1. The number of hydrogen-bond donors (Lipinski definition) is 8. The molecule has 0 unspecified atom stereocenters. The Hall–Kier alpha value is -6.81. The Bertz CT molecular complexity index is 2840. The fraction of sp³-hybridized carbons (Fsp3) is 0.473. The van der Waals surface area contributed by atoms with Crippen molar-refractivity contribution < 1.29 is 39.1 Å². The molecule has 2 aromatic carbocycles. The minimum absolute atomic E-state index is 0.0396. The molecule has 9 atom stereocenters. The quantitative estimate of drug-likeness (QED) is 0.0288. The normalized spacial score (nSPS) is 28.2. The molecule has 4 aliphatic heterocycles. The standard InChI is InChI=1S/C55H66N8O8/c1-32(64)69-41-27-39(70-47(28-41)37-25-46(66)52(67)49(26-37)68-21-16-35-5-2-17-57-30-35)11-6-34-7-13-45(65)48(22-34)71-40-12-10-38-9-8-36-24-44-42-15-20-58-43(42)31-63(44)53-51(36)55(38,29-40)62-54(61-53)60-18-3-4-33-14-19-59-50(56)23-33/h2,5,7,13-15,17,20,22-23,25-26,30-31,36,38-41,47,51,53,58-59,65-67H,3-4,6,8-12,16,18-19,21,24,27-29,56H2,1H3,(H2,60,61,62)/t36-,38-,39-,40+,41+,47-,51-,53-,55-/m0/s1. The topological polar surface area (TPSA) is 223 Å². The van der Waals surface area contributed by atoms with Gasteiger partial charge in [-0.1, -0.05) is 18.2 Å². The molecule has 0 amide bonds. The molecule has 4 fully saturated rings. The smallest absolute Gasteiger partial charge is 0.302 e. The first kappa shape index (κ1) is 46.6. The number of aliphatic imine (C=N–C) groups is 1. The Morgan fingerprint density at radius 2 is 1.90 bits per heavy atom. The first-order chi connectivity index (χ1) is 34.5. The number of esters is 1. The summed E-state index contributed by atoms with van der Waals surface area (Å²) in [7, 11) is 0. The zero-order valence-electron chi connectivity index (χ0n) is 40.3. The van der Waals surface area contributed by atoms with Crippen LogP contribution in [0, 0.1) is 17.8 Å². The molecule has 7 heterocycles. The van der Waals surface area contributed by atoms with Crippen molar-refractivity contribution in [2.45, 2.75) is 127 Å². The number of phenols is 3. The average molecular weight is 967 g/mol. The van der Waals surface area contributed by atoms with Gasteiger partial charge in [-0.15, -0.1) is 0 Å². The van der Waals surface area contributed by atoms with E-state index in [2.05, 4.69) is 48.8 Å². The van der Waals surface area contributed by atoms with E-state index in [-0.39, 0.29) is 59.5 Å². The van der Waals surface area contributed by atoms with Crippen LogP contribution in [0.15, 0.2) is 102 Å². The lowest BCUT2D eigenvalue weighted by Gasteiger charge is -2.63. The van der Waals surface area contributed by atoms with Gasteiger partial charge >= 0.3 is 5.97 Å². The van der Waals surface area contributed by atoms with E-state index in [0.29, 0.717) is 73.5 Å². The number of guanidine groups is 1. The van der Waals surface area contributed by atoms with Crippen molar-refractivity contribution in [3.05, 3.63) is 119 Å². The molecule has 374 valence electrons. The third-order valence-corrected chi connectivity index (χ3v) is 16.0. The van der Waals surface area contributed by atoms with E-state index in [1.807, 2.05) is 36.5 Å². The molecule has 0 bridgehead atoms. The molecule has 2 saturated heterocycles. The number of rotatable bonds is 15. The maximum atomic E-state index is 12.2. The fourth-order valence-electron chi connectivity index (χ4n) is 12.9. The Kier molecular flexibility index (Phi) is 13.0. The molecule has 6 aliphatic rings. The number of pyridine rings is 1. The summed E-state index contributed by atoms with van der Waals surface area (Å²) in [5, 5.41) is 45.3. The van der Waals surface area contributed by atoms with E-state index >= 15 is 0 Å². The monoisotopic (exact) mass is 967 g/mol. The maximum Gasteiger partial charge on any atom is 0.302 e. The third-order valence-electron chi connectivity index (χ3n) is 16.0. The number of dihydropyridines is 1. The highest BCUT2D eigenvalue weighted by Crippen LogP contribution is 2.57. The zero-order chi connectivity index (χ0) is 48.6. The van der Waals surface area contributed by atoms with Crippen molar-refractivity contribution in [3.63, 3.8) is 0 Å². The van der Waals surface area contributed by atoms with Crippen LogP contribution >= 0.6 is 0 Å². The molecule has 1 spiro atoms. The second-order valence-electron chi connectivity index (χ2n) is 20.6. The number of benzene rings is 2. The molecule has 16 heteroatoms. The molecule has 2 aliphatic carbocycles. The number of aromatic hydroxyl groups is 3. The highest BCUT2D eigenvalue weighted by Gasteiger charge is 2.61. The number of carbonyl (C=O) groups excluding carboxylic acids is 1. The summed E-state index contributed by atoms with van der Waals surface area (Å²) in [6, 6.07) is 14.8. The van der Waals surface area contributed by atoms with Crippen LogP contribution < -0.4 is 31.2 Å². The lowest BCUT2D eigenvalue weighted by molar-refractivity contribution is -0.160. The minimum atomic E-state index is -0.538. The van der Waals surface area contributed by atoms with Crippen LogP contribution in [-0.4, -0.2) is 85.3 Å². The van der Waals surface area contributed by atoms with Crippen LogP contribution in [0.1, 0.15) is 106 Å². The second-order valence-corrected chi connectivity index (χ2v) is 20.6. The Morgan fingerprint density at radius 1 is 1.00 bits per heavy atom. The van der Waals surface area contributed by atoms with Gasteiger partial charge in [0, 0.05) is 87.5 Å². The van der Waals surface area contributed by atoms with Crippen LogP contribution in [0.25, 0.3) is 10.9 Å². The number of aromatic nitrogens is 3. The van der Waals surface area contributed by atoms with Crippen molar-refractivity contribution in [1.29, 1.82) is 0 Å². The molecule has 11 rings (SSSR count). The Labute approximate surface area is 413 Å². The zero-order valence-corrected chi connectivity index (χ0v) is 40.3. The van der Waals surface area contributed by atoms with E-state index in [0.717, 1.165) is 74.1 Å². The first-order valence-corrected chi connectivity index (χ1v) is 25.6. The lowest BCUT2D eigenvalue weighted by atomic mass is 9.53. The molecular weight excluding hydrogens is 901 g/mol. The molecular formula is C55H66N8O8. The number of allylic oxidation sites excluding steroid dienone is 2. The second kappa shape index (κ2) is 19.8. The number of aryl methyl sites for hydroxylation is 1. The van der Waals surface area contributed by atoms with Gasteiger partial charge in [-0.25, -0.2) is 0 Å². The van der Waals surface area contributed by atoms with Gasteiger partial charge in [0.05, 0.1) is 35.7 Å². The summed E-state index contributed by atoms with van der Waals surface area (Å²) >= 11 is 0. The summed E-state index contributed by atoms with van der Waals surface area (Å²) in [5.74, 6) is 2.47. The number of ether oxygens (including phenoxy) is 4. The maximum absolute atomic E-state index is 12.2. The van der Waals surface area contributed by atoms with Gasteiger partial charge in [-0.3, -0.25) is 14.8 Å². The fourth-order valence-corrected chi connectivity index (χ4v) is 12.9. The lowest BCUT2D eigenvalue weighted by Crippen LogP contribution is -2.75. The number of hydrogen-bond acceptors (Lipinski definition) is 12. The van der Waals surface area contributed by atoms with E-state index in [1.165, 1.54) is 36.1 Å². The number of nitrogens with two attached hydrogens (primary N) is 1. The van der Waals surface area contributed by atoms with Crippen LogP contribution in [0.4, 0.5) is 0 Å². The van der Waals surface area contributed by atoms with Crippen molar-refractivity contribution in [2.75, 3.05) is 19.7 Å². The van der Waals surface area contributed by atoms with E-state index in [4.69, 9.17) is 29.7 Å². The van der Waals surface area contributed by atoms with Gasteiger partial charge in [0.1, 0.15) is 18.4 Å². The van der Waals surface area contributed by atoms with E-state index < -0.39 is 12.2 Å². The van der Waals surface area contributed by atoms with Crippen LogP contribution in [0.5, 0.6) is 28.7 Å². The van der Waals surface area contributed by atoms with Gasteiger partial charge < -0.3 is 65.5 Å². The average Bonchev–Trinajstić information content (AvgIpc) is 3.97. The van der Waals surface area contributed by atoms with Crippen molar-refractivity contribution in [1.82, 2.24) is 30.5 Å². The minimum Gasteiger partial charge on any atom is -0.504 e. The Morgan fingerprint density at radius 3 is 2.76 bits per heavy atom. The van der Waals surface area contributed by atoms with Crippen LogP contribution in [0.2, 0.25) is 0 Å². The highest BCUT2D eigenvalue weighted by atomic mass is 16.6. The van der Waals surface area contributed by atoms with Crippen molar-refractivity contribution >= 4 is 22.8 Å².